The lowest BCUT2D eigenvalue weighted by molar-refractivity contribution is 0.500. The summed E-state index contributed by atoms with van der Waals surface area (Å²) in [5, 5.41) is 7.75. The number of pyridine rings is 1. The molecule has 3 aromatic rings. The van der Waals surface area contributed by atoms with Crippen molar-refractivity contribution in [2.24, 2.45) is 0 Å². The summed E-state index contributed by atoms with van der Waals surface area (Å²) in [5.41, 5.74) is 0.809. The summed E-state index contributed by atoms with van der Waals surface area (Å²) in [6.45, 7) is 1.58. The quantitative estimate of drug-likeness (QED) is 0.721. The Morgan fingerprint density at radius 2 is 2.04 bits per heavy atom. The number of rotatable bonds is 6. The highest BCUT2D eigenvalue weighted by Crippen LogP contribution is 2.15. The van der Waals surface area contributed by atoms with Gasteiger partial charge < -0.3 is 4.42 Å². The van der Waals surface area contributed by atoms with E-state index in [1.54, 1.807) is 24.4 Å². The van der Waals surface area contributed by atoms with Crippen LogP contribution in [-0.4, -0.2) is 30.1 Å². The van der Waals surface area contributed by atoms with Crippen LogP contribution in [0.5, 0.6) is 0 Å². The zero-order valence-electron chi connectivity index (χ0n) is 13.3. The molecule has 0 fully saturated rings. The van der Waals surface area contributed by atoms with Crippen molar-refractivity contribution in [3.8, 4) is 11.6 Å². The third-order valence-electron chi connectivity index (χ3n) is 3.42. The van der Waals surface area contributed by atoms with Gasteiger partial charge in [-0.15, -0.1) is 10.2 Å². The third-order valence-corrected chi connectivity index (χ3v) is 4.88. The SMILES string of the molecule is Cc1cc(S(=O)(=O)NCCc2nnc(-c3ccccn3)o2)ccc1F. The van der Waals surface area contributed by atoms with Crippen LogP contribution in [0.3, 0.4) is 0 Å². The molecule has 0 spiro atoms. The van der Waals surface area contributed by atoms with Gasteiger partial charge in [0, 0.05) is 19.2 Å². The van der Waals surface area contributed by atoms with Crippen LogP contribution < -0.4 is 4.72 Å². The Balaban J connectivity index is 1.63. The molecule has 0 bridgehead atoms. The van der Waals surface area contributed by atoms with E-state index in [4.69, 9.17) is 4.42 Å². The summed E-state index contributed by atoms with van der Waals surface area (Å²) in [7, 11) is -3.73. The van der Waals surface area contributed by atoms with Gasteiger partial charge in [-0.05, 0) is 42.8 Å². The number of hydrogen-bond donors (Lipinski definition) is 1. The summed E-state index contributed by atoms with van der Waals surface area (Å²) in [6, 6.07) is 8.93. The molecule has 25 heavy (non-hydrogen) atoms. The van der Waals surface area contributed by atoms with E-state index in [0.29, 0.717) is 11.6 Å². The average Bonchev–Trinajstić information content (AvgIpc) is 3.07. The fourth-order valence-electron chi connectivity index (χ4n) is 2.11. The number of hydrogen-bond acceptors (Lipinski definition) is 6. The van der Waals surface area contributed by atoms with Crippen LogP contribution in [0.1, 0.15) is 11.5 Å². The minimum absolute atomic E-state index is 0.00565. The predicted molar refractivity (Wildman–Crippen MR) is 87.6 cm³/mol. The fourth-order valence-corrected chi connectivity index (χ4v) is 3.22. The molecule has 9 heteroatoms. The number of sulfonamides is 1. The Morgan fingerprint density at radius 3 is 2.76 bits per heavy atom. The first-order valence-electron chi connectivity index (χ1n) is 7.45. The van der Waals surface area contributed by atoms with Gasteiger partial charge in [-0.3, -0.25) is 4.98 Å². The van der Waals surface area contributed by atoms with Crippen LogP contribution in [0.4, 0.5) is 4.39 Å². The fraction of sp³-hybridized carbons (Fsp3) is 0.188. The maximum absolute atomic E-state index is 13.3. The Kier molecular flexibility index (Phi) is 4.86. The molecule has 0 saturated carbocycles. The van der Waals surface area contributed by atoms with Gasteiger partial charge in [-0.25, -0.2) is 17.5 Å². The molecule has 130 valence electrons. The van der Waals surface area contributed by atoms with Gasteiger partial charge >= 0.3 is 0 Å². The van der Waals surface area contributed by atoms with E-state index >= 15 is 0 Å². The molecule has 0 aliphatic carbocycles. The second kappa shape index (κ2) is 7.08. The maximum atomic E-state index is 13.3. The molecular weight excluding hydrogens is 347 g/mol. The monoisotopic (exact) mass is 362 g/mol. The molecule has 0 atom stereocenters. The van der Waals surface area contributed by atoms with Crippen LogP contribution in [-0.2, 0) is 16.4 Å². The molecule has 1 N–H and O–H groups in total. The van der Waals surface area contributed by atoms with Crippen molar-refractivity contribution in [2.75, 3.05) is 6.54 Å². The number of nitrogens with zero attached hydrogens (tertiary/aromatic N) is 3. The van der Waals surface area contributed by atoms with Crippen molar-refractivity contribution in [3.63, 3.8) is 0 Å². The van der Waals surface area contributed by atoms with Crippen molar-refractivity contribution in [3.05, 3.63) is 59.9 Å². The van der Waals surface area contributed by atoms with Gasteiger partial charge in [0.2, 0.25) is 15.9 Å². The van der Waals surface area contributed by atoms with Crippen LogP contribution in [0.2, 0.25) is 0 Å². The third kappa shape index (κ3) is 4.06. The molecule has 7 nitrogen and oxygen atoms in total. The van der Waals surface area contributed by atoms with Gasteiger partial charge in [-0.1, -0.05) is 6.07 Å². The van der Waals surface area contributed by atoms with Gasteiger partial charge in [0.1, 0.15) is 11.5 Å². The molecule has 0 unspecified atom stereocenters. The molecule has 2 heterocycles. The lowest BCUT2D eigenvalue weighted by atomic mass is 10.2. The van der Waals surface area contributed by atoms with Gasteiger partial charge in [-0.2, -0.15) is 0 Å². The van der Waals surface area contributed by atoms with E-state index < -0.39 is 15.8 Å². The highest BCUT2D eigenvalue weighted by molar-refractivity contribution is 7.89. The smallest absolute Gasteiger partial charge is 0.266 e. The van der Waals surface area contributed by atoms with Gasteiger partial charge in [0.05, 0.1) is 4.90 Å². The Morgan fingerprint density at radius 1 is 1.20 bits per heavy atom. The molecule has 2 aromatic heterocycles. The van der Waals surface area contributed by atoms with Crippen LogP contribution >= 0.6 is 0 Å². The summed E-state index contributed by atoms with van der Waals surface area (Å²) in [4.78, 5) is 4.10. The molecule has 0 saturated heterocycles. The van der Waals surface area contributed by atoms with Crippen molar-refractivity contribution < 1.29 is 17.2 Å². The van der Waals surface area contributed by atoms with Crippen molar-refractivity contribution in [2.45, 2.75) is 18.2 Å². The largest absolute Gasteiger partial charge is 0.419 e. The molecule has 0 aliphatic heterocycles. The summed E-state index contributed by atoms with van der Waals surface area (Å²) in [6.07, 6.45) is 1.83. The molecule has 1 aromatic carbocycles. The predicted octanol–water partition coefficient (Wildman–Crippen LogP) is 2.10. The van der Waals surface area contributed by atoms with E-state index in [-0.39, 0.29) is 29.3 Å². The zero-order chi connectivity index (χ0) is 17.9. The molecule has 0 amide bonds. The van der Waals surface area contributed by atoms with E-state index in [1.807, 2.05) is 0 Å². The first-order valence-corrected chi connectivity index (χ1v) is 8.93. The van der Waals surface area contributed by atoms with Crippen molar-refractivity contribution in [1.29, 1.82) is 0 Å². The number of aromatic nitrogens is 3. The minimum atomic E-state index is -3.73. The Bertz CT molecular complexity index is 974. The molecule has 0 aliphatic rings. The van der Waals surface area contributed by atoms with E-state index in [0.717, 1.165) is 6.07 Å². The van der Waals surface area contributed by atoms with Crippen LogP contribution in [0.25, 0.3) is 11.6 Å². The molecule has 3 rings (SSSR count). The van der Waals surface area contributed by atoms with Crippen molar-refractivity contribution >= 4 is 10.0 Å². The first kappa shape index (κ1) is 17.2. The number of halogens is 1. The summed E-state index contributed by atoms with van der Waals surface area (Å²) >= 11 is 0. The second-order valence-electron chi connectivity index (χ2n) is 5.27. The van der Waals surface area contributed by atoms with E-state index in [1.165, 1.54) is 19.1 Å². The van der Waals surface area contributed by atoms with Gasteiger partial charge in [0.15, 0.2) is 0 Å². The Hall–Kier alpha value is -2.65. The van der Waals surface area contributed by atoms with Gasteiger partial charge in [0.25, 0.3) is 5.89 Å². The van der Waals surface area contributed by atoms with Crippen molar-refractivity contribution in [1.82, 2.24) is 19.9 Å². The number of benzene rings is 1. The Labute approximate surface area is 144 Å². The highest BCUT2D eigenvalue weighted by Gasteiger charge is 2.16. The summed E-state index contributed by atoms with van der Waals surface area (Å²) < 4.78 is 45.5. The van der Waals surface area contributed by atoms with Crippen LogP contribution in [0.15, 0.2) is 51.9 Å². The first-order chi connectivity index (χ1) is 12.0. The van der Waals surface area contributed by atoms with Crippen LogP contribution in [0, 0.1) is 12.7 Å². The minimum Gasteiger partial charge on any atom is -0.419 e. The summed E-state index contributed by atoms with van der Waals surface area (Å²) in [5.74, 6) is 0.109. The topological polar surface area (TPSA) is 98.0 Å². The lowest BCUT2D eigenvalue weighted by Gasteiger charge is -2.06. The van der Waals surface area contributed by atoms with E-state index in [9.17, 15) is 12.8 Å². The maximum Gasteiger partial charge on any atom is 0.266 e. The normalized spacial score (nSPS) is 11.6. The second-order valence-corrected chi connectivity index (χ2v) is 7.04. The average molecular weight is 362 g/mol. The standard InChI is InChI=1S/C16H15FN4O3S/c1-11-10-12(5-6-13(11)17)25(22,23)19-9-7-15-20-21-16(24-15)14-4-2-3-8-18-14/h2-6,8,10,19H,7,9H2,1H3. The zero-order valence-corrected chi connectivity index (χ0v) is 14.1. The molecule has 0 radical (unpaired) electrons. The highest BCUT2D eigenvalue weighted by atomic mass is 32.2. The number of nitrogens with one attached hydrogen (secondary N) is 1. The molecular formula is C16H15FN4O3S. The van der Waals surface area contributed by atoms with E-state index in [2.05, 4.69) is 19.9 Å². The lowest BCUT2D eigenvalue weighted by Crippen LogP contribution is -2.26. The number of aryl methyl sites for hydroxylation is 1.